The van der Waals surface area contributed by atoms with E-state index in [-0.39, 0.29) is 0 Å². The van der Waals surface area contributed by atoms with Crippen LogP contribution < -0.4 is 5.32 Å². The van der Waals surface area contributed by atoms with Crippen LogP contribution in [0.4, 0.5) is 0 Å². The molecule has 0 aliphatic rings. The summed E-state index contributed by atoms with van der Waals surface area (Å²) in [5.74, 6) is 0.969. The highest BCUT2D eigenvalue weighted by atomic mass is 35.5. The number of nitrogens with one attached hydrogen (secondary N) is 1. The van der Waals surface area contributed by atoms with Crippen LogP contribution in [0.5, 0.6) is 0 Å². The van der Waals surface area contributed by atoms with Crippen molar-refractivity contribution in [2.75, 3.05) is 6.54 Å². The van der Waals surface area contributed by atoms with Gasteiger partial charge in [0.05, 0.1) is 10.0 Å². The van der Waals surface area contributed by atoms with E-state index in [0.29, 0.717) is 10.0 Å². The van der Waals surface area contributed by atoms with Gasteiger partial charge in [-0.15, -0.1) is 10.2 Å². The molecule has 0 unspecified atom stereocenters. The predicted molar refractivity (Wildman–Crippen MR) is 72.9 cm³/mol. The number of aryl methyl sites for hydroxylation is 1. The summed E-state index contributed by atoms with van der Waals surface area (Å²) in [4.78, 5) is 0. The molecule has 1 aromatic heterocycles. The van der Waals surface area contributed by atoms with Crippen LogP contribution in [-0.2, 0) is 20.0 Å². The fraction of sp³-hybridized carbons (Fsp3) is 0.333. The van der Waals surface area contributed by atoms with Crippen molar-refractivity contribution in [2.24, 2.45) is 7.05 Å². The Morgan fingerprint density at radius 2 is 2.11 bits per heavy atom. The molecule has 2 rings (SSSR count). The smallest absolute Gasteiger partial charge is 0.133 e. The van der Waals surface area contributed by atoms with Gasteiger partial charge in [-0.3, -0.25) is 0 Å². The first-order valence-corrected chi connectivity index (χ1v) is 6.40. The number of benzene rings is 1. The van der Waals surface area contributed by atoms with Crippen molar-refractivity contribution in [1.29, 1.82) is 0 Å². The lowest BCUT2D eigenvalue weighted by Crippen LogP contribution is -2.18. The number of hydrogen-bond acceptors (Lipinski definition) is 3. The van der Waals surface area contributed by atoms with E-state index in [4.69, 9.17) is 23.2 Å². The molecule has 0 aliphatic heterocycles. The molecule has 6 heteroatoms. The molecule has 0 saturated heterocycles. The highest BCUT2D eigenvalue weighted by Crippen LogP contribution is 2.22. The second-order valence-corrected chi connectivity index (χ2v) is 4.85. The lowest BCUT2D eigenvalue weighted by molar-refractivity contribution is 0.654. The van der Waals surface area contributed by atoms with Gasteiger partial charge in [-0.1, -0.05) is 29.3 Å². The van der Waals surface area contributed by atoms with Crippen molar-refractivity contribution in [2.45, 2.75) is 13.0 Å². The van der Waals surface area contributed by atoms with Gasteiger partial charge < -0.3 is 9.88 Å². The van der Waals surface area contributed by atoms with Gasteiger partial charge in [0.15, 0.2) is 0 Å². The Bertz CT molecular complexity index is 525. The molecule has 0 saturated carbocycles. The first-order valence-electron chi connectivity index (χ1n) is 5.64. The minimum atomic E-state index is 0.583. The van der Waals surface area contributed by atoms with Crippen molar-refractivity contribution < 1.29 is 0 Å². The average molecular weight is 285 g/mol. The lowest BCUT2D eigenvalue weighted by atomic mass is 10.2. The quantitative estimate of drug-likeness (QED) is 0.858. The van der Waals surface area contributed by atoms with Crippen LogP contribution in [0.2, 0.25) is 10.0 Å². The van der Waals surface area contributed by atoms with Crippen LogP contribution in [0, 0.1) is 0 Å². The molecule has 0 spiro atoms. The van der Waals surface area contributed by atoms with E-state index < -0.39 is 0 Å². The van der Waals surface area contributed by atoms with Crippen LogP contribution in [0.1, 0.15) is 11.4 Å². The molecule has 0 bridgehead atoms. The summed E-state index contributed by atoms with van der Waals surface area (Å²) in [5.41, 5.74) is 1.11. The van der Waals surface area contributed by atoms with E-state index in [0.717, 1.165) is 30.9 Å². The van der Waals surface area contributed by atoms with Crippen molar-refractivity contribution in [3.05, 3.63) is 46.0 Å². The Morgan fingerprint density at radius 3 is 2.78 bits per heavy atom. The predicted octanol–water partition coefficient (Wildman–Crippen LogP) is 2.45. The second-order valence-electron chi connectivity index (χ2n) is 4.03. The zero-order valence-electron chi connectivity index (χ0n) is 10.0. The maximum Gasteiger partial charge on any atom is 0.133 e. The maximum absolute atomic E-state index is 5.95. The van der Waals surface area contributed by atoms with Crippen LogP contribution in [0.25, 0.3) is 0 Å². The first-order chi connectivity index (χ1) is 8.66. The maximum atomic E-state index is 5.95. The molecule has 1 N–H and O–H groups in total. The van der Waals surface area contributed by atoms with Crippen molar-refractivity contribution in [3.8, 4) is 0 Å². The molecule has 1 heterocycles. The molecular weight excluding hydrogens is 271 g/mol. The van der Waals surface area contributed by atoms with Crippen molar-refractivity contribution in [3.63, 3.8) is 0 Å². The molecular formula is C12H14Cl2N4. The first kappa shape index (κ1) is 13.3. The molecule has 18 heavy (non-hydrogen) atoms. The standard InChI is InChI=1S/C12H14Cl2N4/c1-18-8-16-17-12(18)4-5-15-7-9-2-3-10(13)11(14)6-9/h2-3,6,8,15H,4-5,7H2,1H3. The van der Waals surface area contributed by atoms with Crippen molar-refractivity contribution in [1.82, 2.24) is 20.1 Å². The Hall–Kier alpha value is -1.10. The van der Waals surface area contributed by atoms with Gasteiger partial charge in [0.2, 0.25) is 0 Å². The highest BCUT2D eigenvalue weighted by Gasteiger charge is 2.01. The molecule has 1 aromatic carbocycles. The van der Waals surface area contributed by atoms with Gasteiger partial charge in [-0.2, -0.15) is 0 Å². The minimum absolute atomic E-state index is 0.583. The Labute approximate surface area is 116 Å². The van der Waals surface area contributed by atoms with E-state index in [2.05, 4.69) is 15.5 Å². The monoisotopic (exact) mass is 284 g/mol. The molecule has 0 aliphatic carbocycles. The van der Waals surface area contributed by atoms with E-state index in [1.807, 2.05) is 29.8 Å². The minimum Gasteiger partial charge on any atom is -0.321 e. The molecule has 4 nitrogen and oxygen atoms in total. The zero-order valence-corrected chi connectivity index (χ0v) is 11.5. The van der Waals surface area contributed by atoms with Gasteiger partial charge in [-0.05, 0) is 17.7 Å². The summed E-state index contributed by atoms with van der Waals surface area (Å²) >= 11 is 11.8. The molecule has 0 amide bonds. The summed E-state index contributed by atoms with van der Waals surface area (Å²) in [6, 6.07) is 5.65. The Balaban J connectivity index is 1.78. The summed E-state index contributed by atoms with van der Waals surface area (Å²) in [6.45, 7) is 1.60. The van der Waals surface area contributed by atoms with E-state index in [1.165, 1.54) is 0 Å². The van der Waals surface area contributed by atoms with Gasteiger partial charge in [0, 0.05) is 26.6 Å². The van der Waals surface area contributed by atoms with Crippen LogP contribution in [0.3, 0.4) is 0 Å². The number of nitrogens with zero attached hydrogens (tertiary/aromatic N) is 3. The summed E-state index contributed by atoms with van der Waals surface area (Å²) in [7, 11) is 1.94. The van der Waals surface area contributed by atoms with Gasteiger partial charge in [-0.25, -0.2) is 0 Å². The van der Waals surface area contributed by atoms with E-state index >= 15 is 0 Å². The van der Waals surface area contributed by atoms with E-state index in [1.54, 1.807) is 6.33 Å². The third-order valence-corrected chi connectivity index (χ3v) is 3.38. The fourth-order valence-corrected chi connectivity index (χ4v) is 1.94. The molecule has 96 valence electrons. The SMILES string of the molecule is Cn1cnnc1CCNCc1ccc(Cl)c(Cl)c1. The summed E-state index contributed by atoms with van der Waals surface area (Å²) < 4.78 is 1.92. The average Bonchev–Trinajstić information content (AvgIpc) is 2.75. The van der Waals surface area contributed by atoms with Gasteiger partial charge in [0.1, 0.15) is 12.2 Å². The van der Waals surface area contributed by atoms with Crippen LogP contribution >= 0.6 is 23.2 Å². The third-order valence-electron chi connectivity index (χ3n) is 2.64. The van der Waals surface area contributed by atoms with Gasteiger partial charge >= 0.3 is 0 Å². The molecule has 0 fully saturated rings. The largest absolute Gasteiger partial charge is 0.321 e. The van der Waals surface area contributed by atoms with E-state index in [9.17, 15) is 0 Å². The topological polar surface area (TPSA) is 42.7 Å². The van der Waals surface area contributed by atoms with Gasteiger partial charge in [0.25, 0.3) is 0 Å². The zero-order chi connectivity index (χ0) is 13.0. The van der Waals surface area contributed by atoms with Crippen molar-refractivity contribution >= 4 is 23.2 Å². The lowest BCUT2D eigenvalue weighted by Gasteiger charge is -2.05. The Kier molecular flexibility index (Phi) is 4.58. The summed E-state index contributed by atoms with van der Waals surface area (Å²) in [5, 5.41) is 12.4. The number of rotatable bonds is 5. The highest BCUT2D eigenvalue weighted by molar-refractivity contribution is 6.42. The Morgan fingerprint density at radius 1 is 1.28 bits per heavy atom. The third kappa shape index (κ3) is 3.45. The summed E-state index contributed by atoms with van der Waals surface area (Å²) in [6.07, 6.45) is 2.55. The fourth-order valence-electron chi connectivity index (χ4n) is 1.62. The normalized spacial score (nSPS) is 10.8. The molecule has 0 radical (unpaired) electrons. The molecule has 0 atom stereocenters. The second kappa shape index (κ2) is 6.18. The number of hydrogen-bond donors (Lipinski definition) is 1. The number of aromatic nitrogens is 3. The van der Waals surface area contributed by atoms with Crippen LogP contribution in [0.15, 0.2) is 24.5 Å². The molecule has 2 aromatic rings. The van der Waals surface area contributed by atoms with Crippen LogP contribution in [-0.4, -0.2) is 21.3 Å². The number of halogens is 2.